The monoisotopic (exact) mass is 381 g/mol. The van der Waals surface area contributed by atoms with Crippen molar-refractivity contribution in [2.45, 2.75) is 12.8 Å². The number of aliphatic imine (C=N–C) groups is 1. The van der Waals surface area contributed by atoms with Crippen LogP contribution in [0.1, 0.15) is 18.4 Å². The molecule has 0 aliphatic carbocycles. The van der Waals surface area contributed by atoms with Crippen molar-refractivity contribution in [2.75, 3.05) is 26.7 Å². The second-order valence-corrected chi connectivity index (χ2v) is 7.38. The molecule has 2 N–H and O–H groups in total. The van der Waals surface area contributed by atoms with E-state index in [1.165, 1.54) is 31.7 Å². The van der Waals surface area contributed by atoms with E-state index >= 15 is 0 Å². The number of hydrogen-bond donors (Lipinski definition) is 2. The highest BCUT2D eigenvalue weighted by atomic mass is 19.1. The van der Waals surface area contributed by atoms with Gasteiger partial charge in [-0.3, -0.25) is 4.99 Å². The molecule has 0 radical (unpaired) electrons. The summed E-state index contributed by atoms with van der Waals surface area (Å²) >= 11 is 0. The van der Waals surface area contributed by atoms with Gasteiger partial charge < -0.3 is 19.7 Å². The number of aromatic nitrogens is 1. The standard InChI is InChI=1S/C22H24FN3O2/c1-26-11-3-4-15(13-26)14-28-17-9-7-16(8-10-17)24-12-18-21-19(23)5-2-6-20(21)25-22(18)27/h2,5-10,12,15,25,27H,3-4,11,13-14H2,1H3. The lowest BCUT2D eigenvalue weighted by Gasteiger charge is -2.29. The van der Waals surface area contributed by atoms with Crippen molar-refractivity contribution in [1.82, 2.24) is 9.88 Å². The second kappa shape index (κ2) is 8.02. The van der Waals surface area contributed by atoms with Gasteiger partial charge in [0.25, 0.3) is 0 Å². The molecular formula is C22H24FN3O2. The third-order valence-corrected chi connectivity index (χ3v) is 5.18. The average Bonchev–Trinajstić information content (AvgIpc) is 3.02. The number of fused-ring (bicyclic) bond motifs is 1. The first kappa shape index (κ1) is 18.5. The molecule has 1 unspecified atom stereocenters. The topological polar surface area (TPSA) is 60.9 Å². The lowest BCUT2D eigenvalue weighted by Crippen LogP contribution is -2.34. The lowest BCUT2D eigenvalue weighted by molar-refractivity contribution is 0.150. The Hall–Kier alpha value is -2.86. The number of nitrogens with one attached hydrogen (secondary N) is 1. The van der Waals surface area contributed by atoms with Gasteiger partial charge in [-0.1, -0.05) is 6.07 Å². The fourth-order valence-corrected chi connectivity index (χ4v) is 3.73. The van der Waals surface area contributed by atoms with E-state index in [0.717, 1.165) is 18.9 Å². The van der Waals surface area contributed by atoms with Gasteiger partial charge in [0.15, 0.2) is 5.88 Å². The quantitative estimate of drug-likeness (QED) is 0.641. The Labute approximate surface area is 163 Å². The molecule has 28 heavy (non-hydrogen) atoms. The summed E-state index contributed by atoms with van der Waals surface area (Å²) in [5.74, 6) is 0.887. The van der Waals surface area contributed by atoms with Crippen molar-refractivity contribution in [3.63, 3.8) is 0 Å². The van der Waals surface area contributed by atoms with Crippen molar-refractivity contribution in [3.05, 3.63) is 53.8 Å². The first-order valence-electron chi connectivity index (χ1n) is 9.55. The minimum absolute atomic E-state index is 0.0961. The zero-order valence-corrected chi connectivity index (χ0v) is 15.9. The summed E-state index contributed by atoms with van der Waals surface area (Å²) in [6, 6.07) is 12.1. The number of benzene rings is 2. The van der Waals surface area contributed by atoms with Gasteiger partial charge in [0.1, 0.15) is 11.6 Å². The summed E-state index contributed by atoms with van der Waals surface area (Å²) in [4.78, 5) is 9.48. The molecule has 2 heterocycles. The van der Waals surface area contributed by atoms with Crippen LogP contribution in [0.15, 0.2) is 47.5 Å². The fourth-order valence-electron chi connectivity index (χ4n) is 3.73. The maximum absolute atomic E-state index is 14.1. The first-order chi connectivity index (χ1) is 13.6. The van der Waals surface area contributed by atoms with Crippen LogP contribution in [0.3, 0.4) is 0 Å². The summed E-state index contributed by atoms with van der Waals surface area (Å²) in [5, 5.41) is 10.4. The molecule has 0 saturated carbocycles. The number of H-pyrrole nitrogens is 1. The van der Waals surface area contributed by atoms with Crippen molar-refractivity contribution in [1.29, 1.82) is 0 Å². The molecule has 1 atom stereocenters. The highest BCUT2D eigenvalue weighted by Gasteiger charge is 2.17. The number of rotatable bonds is 5. The normalized spacial score (nSPS) is 18.1. The zero-order valence-electron chi connectivity index (χ0n) is 15.9. The zero-order chi connectivity index (χ0) is 19.5. The molecule has 0 bridgehead atoms. The molecule has 2 aromatic carbocycles. The number of likely N-dealkylation sites (tertiary alicyclic amines) is 1. The van der Waals surface area contributed by atoms with Crippen molar-refractivity contribution < 1.29 is 14.2 Å². The van der Waals surface area contributed by atoms with Crippen LogP contribution in [0.25, 0.3) is 10.9 Å². The van der Waals surface area contributed by atoms with Crippen molar-refractivity contribution in [3.8, 4) is 11.6 Å². The van der Waals surface area contributed by atoms with Gasteiger partial charge in [0.2, 0.25) is 0 Å². The third-order valence-electron chi connectivity index (χ3n) is 5.18. The van der Waals surface area contributed by atoms with Crippen LogP contribution in [0, 0.1) is 11.7 Å². The van der Waals surface area contributed by atoms with E-state index in [9.17, 15) is 9.50 Å². The molecule has 3 aromatic rings. The van der Waals surface area contributed by atoms with Gasteiger partial charge in [-0.15, -0.1) is 0 Å². The van der Waals surface area contributed by atoms with E-state index in [1.54, 1.807) is 12.1 Å². The van der Waals surface area contributed by atoms with Crippen LogP contribution in [0.4, 0.5) is 10.1 Å². The molecule has 1 aliphatic heterocycles. The largest absolute Gasteiger partial charge is 0.494 e. The Morgan fingerprint density at radius 2 is 2.11 bits per heavy atom. The van der Waals surface area contributed by atoms with Crippen molar-refractivity contribution >= 4 is 22.8 Å². The molecule has 5 nitrogen and oxygen atoms in total. The minimum Gasteiger partial charge on any atom is -0.494 e. The van der Waals surface area contributed by atoms with Gasteiger partial charge in [0.05, 0.1) is 23.4 Å². The Balaban J connectivity index is 1.43. The number of aromatic amines is 1. The van der Waals surface area contributed by atoms with Crippen LogP contribution in [0.2, 0.25) is 0 Å². The lowest BCUT2D eigenvalue weighted by atomic mass is 10.00. The van der Waals surface area contributed by atoms with Crippen LogP contribution in [0.5, 0.6) is 11.6 Å². The summed E-state index contributed by atoms with van der Waals surface area (Å²) in [5.41, 5.74) is 1.58. The third kappa shape index (κ3) is 4.02. The molecule has 1 aromatic heterocycles. The fraction of sp³-hybridized carbons (Fsp3) is 0.318. The number of piperidine rings is 1. The maximum Gasteiger partial charge on any atom is 0.198 e. The van der Waals surface area contributed by atoms with Gasteiger partial charge in [0, 0.05) is 24.1 Å². The molecule has 1 fully saturated rings. The van der Waals surface area contributed by atoms with Crippen LogP contribution in [-0.4, -0.2) is 47.9 Å². The Kier molecular flexibility index (Phi) is 5.30. The summed E-state index contributed by atoms with van der Waals surface area (Å²) < 4.78 is 20.0. The van der Waals surface area contributed by atoms with Crippen LogP contribution >= 0.6 is 0 Å². The SMILES string of the molecule is CN1CCCC(COc2ccc(N=Cc3c(O)[nH]c4cccc(F)c34)cc2)C1. The molecule has 146 valence electrons. The van der Waals surface area contributed by atoms with E-state index < -0.39 is 5.82 Å². The Morgan fingerprint density at radius 3 is 2.89 bits per heavy atom. The number of hydrogen-bond acceptors (Lipinski definition) is 4. The Morgan fingerprint density at radius 1 is 1.29 bits per heavy atom. The van der Waals surface area contributed by atoms with Gasteiger partial charge >= 0.3 is 0 Å². The smallest absolute Gasteiger partial charge is 0.198 e. The molecular weight excluding hydrogens is 357 g/mol. The van der Waals surface area contributed by atoms with Crippen molar-refractivity contribution in [2.24, 2.45) is 10.9 Å². The summed E-state index contributed by atoms with van der Waals surface area (Å²) in [7, 11) is 2.15. The van der Waals surface area contributed by atoms with E-state index in [4.69, 9.17) is 4.74 Å². The van der Waals surface area contributed by atoms with Crippen LogP contribution < -0.4 is 4.74 Å². The number of nitrogens with zero attached hydrogens (tertiary/aromatic N) is 2. The van der Waals surface area contributed by atoms with Crippen LogP contribution in [-0.2, 0) is 0 Å². The van der Waals surface area contributed by atoms with E-state index in [2.05, 4.69) is 21.9 Å². The number of halogens is 1. The minimum atomic E-state index is -0.396. The molecule has 1 aliphatic rings. The van der Waals surface area contributed by atoms with E-state index in [-0.39, 0.29) is 5.88 Å². The summed E-state index contributed by atoms with van der Waals surface area (Å²) in [6.45, 7) is 2.96. The highest BCUT2D eigenvalue weighted by molar-refractivity contribution is 6.02. The summed E-state index contributed by atoms with van der Waals surface area (Å²) in [6.07, 6.45) is 3.90. The predicted molar refractivity (Wildman–Crippen MR) is 109 cm³/mol. The predicted octanol–water partition coefficient (Wildman–Crippen LogP) is 4.48. The van der Waals surface area contributed by atoms with Gasteiger partial charge in [-0.25, -0.2) is 4.39 Å². The number of ether oxygens (including phenoxy) is 1. The highest BCUT2D eigenvalue weighted by Crippen LogP contribution is 2.28. The van der Waals surface area contributed by atoms with E-state index in [0.29, 0.717) is 28.1 Å². The van der Waals surface area contributed by atoms with E-state index in [1.807, 2.05) is 24.3 Å². The van der Waals surface area contributed by atoms with Gasteiger partial charge in [-0.2, -0.15) is 0 Å². The molecule has 0 spiro atoms. The molecule has 6 heteroatoms. The average molecular weight is 381 g/mol. The maximum atomic E-state index is 14.1. The molecule has 1 saturated heterocycles. The Bertz CT molecular complexity index is 981. The second-order valence-electron chi connectivity index (χ2n) is 7.38. The van der Waals surface area contributed by atoms with Gasteiger partial charge in [-0.05, 0) is 62.8 Å². The molecule has 0 amide bonds. The molecule has 4 rings (SSSR count). The number of aromatic hydroxyl groups is 1. The first-order valence-corrected chi connectivity index (χ1v) is 9.55.